The van der Waals surface area contributed by atoms with Crippen LogP contribution in [0.15, 0.2) is 60.7 Å². The van der Waals surface area contributed by atoms with Crippen LogP contribution in [-0.4, -0.2) is 66.7 Å². The van der Waals surface area contributed by atoms with Gasteiger partial charge in [0, 0.05) is 12.8 Å². The van der Waals surface area contributed by atoms with E-state index in [-0.39, 0.29) is 31.1 Å². The summed E-state index contributed by atoms with van der Waals surface area (Å²) < 4.78 is 10.3. The van der Waals surface area contributed by atoms with Crippen LogP contribution in [0.4, 0.5) is 4.79 Å². The predicted molar refractivity (Wildman–Crippen MR) is 176 cm³/mol. The van der Waals surface area contributed by atoms with Crippen LogP contribution in [0.25, 0.3) is 0 Å². The van der Waals surface area contributed by atoms with Crippen LogP contribution in [-0.2, 0) is 41.5 Å². The normalized spacial score (nSPS) is 14.0. The second-order valence-electron chi connectivity index (χ2n) is 13.1. The van der Waals surface area contributed by atoms with Gasteiger partial charge < -0.3 is 30.7 Å². The highest BCUT2D eigenvalue weighted by molar-refractivity contribution is 5.95. The Hall–Kier alpha value is -4.41. The zero-order valence-electron chi connectivity index (χ0n) is 28.2. The fraction of sp³-hybridized carbons (Fsp3) is 0.514. The number of methoxy groups -OCH3 is 1. The fourth-order valence-electron chi connectivity index (χ4n) is 4.69. The van der Waals surface area contributed by atoms with Gasteiger partial charge in [0.15, 0.2) is 0 Å². The van der Waals surface area contributed by atoms with Crippen molar-refractivity contribution >= 4 is 29.8 Å². The Bertz CT molecular complexity index is 1290. The highest BCUT2D eigenvalue weighted by Gasteiger charge is 2.33. The standard InChI is InChI=1S/C35H50N4O7/c1-22(2)19-26(32(42)39-29(23(3)4)33(43)45-8)36-30(40)27(20-24-15-11-9-12-16-24)37-31(41)28(21-25-17-13-10-14-18-25)38-34(44)46-35(5,6)7/h9-18,22-23,26-29H,19-21H2,1-8H3,(H,36,40)(H,37,41)(H,38,44)(H,39,42)/t26-,27-,28-,29-/m0/s1. The molecule has 4 amide bonds. The number of hydrogen-bond acceptors (Lipinski definition) is 7. The first kappa shape index (κ1) is 37.8. The number of benzene rings is 2. The molecule has 0 aliphatic rings. The largest absolute Gasteiger partial charge is 0.467 e. The topological polar surface area (TPSA) is 152 Å². The van der Waals surface area contributed by atoms with E-state index in [1.165, 1.54) is 7.11 Å². The van der Waals surface area contributed by atoms with Crippen molar-refractivity contribution in [1.29, 1.82) is 0 Å². The summed E-state index contributed by atoms with van der Waals surface area (Å²) in [5, 5.41) is 11.0. The fourth-order valence-corrected chi connectivity index (χ4v) is 4.69. The van der Waals surface area contributed by atoms with Crippen molar-refractivity contribution in [2.45, 2.75) is 97.5 Å². The highest BCUT2D eigenvalue weighted by atomic mass is 16.6. The van der Waals surface area contributed by atoms with Crippen LogP contribution in [0.1, 0.15) is 66.0 Å². The molecule has 4 N–H and O–H groups in total. The van der Waals surface area contributed by atoms with Crippen molar-refractivity contribution in [2.24, 2.45) is 11.8 Å². The summed E-state index contributed by atoms with van der Waals surface area (Å²) in [6.45, 7) is 12.5. The van der Waals surface area contributed by atoms with Crippen LogP contribution in [0, 0.1) is 11.8 Å². The van der Waals surface area contributed by atoms with E-state index in [1.807, 2.05) is 74.5 Å². The molecule has 0 unspecified atom stereocenters. The lowest BCUT2D eigenvalue weighted by Gasteiger charge is -2.28. The molecule has 2 aromatic carbocycles. The molecule has 0 saturated carbocycles. The van der Waals surface area contributed by atoms with Gasteiger partial charge in [0.25, 0.3) is 0 Å². The molecule has 2 rings (SSSR count). The maximum absolute atomic E-state index is 13.9. The quantitative estimate of drug-likeness (QED) is 0.217. The molecular weight excluding hydrogens is 588 g/mol. The van der Waals surface area contributed by atoms with Gasteiger partial charge in [-0.15, -0.1) is 0 Å². The molecular formula is C35H50N4O7. The Morgan fingerprint density at radius 1 is 0.652 bits per heavy atom. The van der Waals surface area contributed by atoms with E-state index in [1.54, 1.807) is 34.6 Å². The highest BCUT2D eigenvalue weighted by Crippen LogP contribution is 2.12. The summed E-state index contributed by atoms with van der Waals surface area (Å²) in [6.07, 6.45) is -0.220. The van der Waals surface area contributed by atoms with Crippen LogP contribution in [0.5, 0.6) is 0 Å². The molecule has 46 heavy (non-hydrogen) atoms. The van der Waals surface area contributed by atoms with E-state index >= 15 is 0 Å². The number of rotatable bonds is 15. The van der Waals surface area contributed by atoms with Gasteiger partial charge in [-0.2, -0.15) is 0 Å². The molecule has 0 saturated heterocycles. The second-order valence-corrected chi connectivity index (χ2v) is 13.1. The predicted octanol–water partition coefficient (Wildman–Crippen LogP) is 3.69. The monoisotopic (exact) mass is 638 g/mol. The van der Waals surface area contributed by atoms with E-state index in [4.69, 9.17) is 9.47 Å². The lowest BCUT2D eigenvalue weighted by atomic mass is 9.99. The maximum Gasteiger partial charge on any atom is 0.408 e. The zero-order valence-corrected chi connectivity index (χ0v) is 28.2. The van der Waals surface area contributed by atoms with Gasteiger partial charge in [0.2, 0.25) is 17.7 Å². The number of nitrogens with one attached hydrogen (secondary N) is 4. The summed E-state index contributed by atoms with van der Waals surface area (Å²) in [6, 6.07) is 14.2. The molecule has 2 aromatic rings. The number of alkyl carbamates (subject to hydrolysis) is 1. The SMILES string of the molecule is COC(=O)[C@@H](NC(=O)[C@H](CC(C)C)NC(=O)[C@H](Cc1ccccc1)NC(=O)[C@H](Cc1ccccc1)NC(=O)OC(C)(C)C)C(C)C. The number of hydrogen-bond donors (Lipinski definition) is 4. The van der Waals surface area contributed by atoms with Gasteiger partial charge in [-0.05, 0) is 50.2 Å². The molecule has 4 atom stereocenters. The molecule has 252 valence electrons. The summed E-state index contributed by atoms with van der Waals surface area (Å²) in [4.78, 5) is 66.1. The first-order chi connectivity index (χ1) is 21.6. The van der Waals surface area contributed by atoms with Crippen molar-refractivity contribution in [1.82, 2.24) is 21.3 Å². The van der Waals surface area contributed by atoms with Gasteiger partial charge in [-0.25, -0.2) is 9.59 Å². The van der Waals surface area contributed by atoms with E-state index in [0.717, 1.165) is 11.1 Å². The molecule has 0 fully saturated rings. The average Bonchev–Trinajstić information content (AvgIpc) is 2.98. The molecule has 0 bridgehead atoms. The molecule has 0 heterocycles. The zero-order chi connectivity index (χ0) is 34.4. The number of carbonyl (C=O) groups excluding carboxylic acids is 5. The van der Waals surface area contributed by atoms with Crippen LogP contribution in [0.2, 0.25) is 0 Å². The first-order valence-electron chi connectivity index (χ1n) is 15.7. The minimum atomic E-state index is -1.10. The van der Waals surface area contributed by atoms with Crippen LogP contribution >= 0.6 is 0 Å². The first-order valence-corrected chi connectivity index (χ1v) is 15.7. The van der Waals surface area contributed by atoms with Gasteiger partial charge in [-0.3, -0.25) is 14.4 Å². The van der Waals surface area contributed by atoms with Gasteiger partial charge in [0.05, 0.1) is 7.11 Å². The Balaban J connectivity index is 2.37. The smallest absolute Gasteiger partial charge is 0.408 e. The minimum absolute atomic E-state index is 0.0159. The second kappa shape index (κ2) is 17.9. The van der Waals surface area contributed by atoms with Crippen LogP contribution < -0.4 is 21.3 Å². The summed E-state index contributed by atoms with van der Waals surface area (Å²) >= 11 is 0. The van der Waals surface area contributed by atoms with Gasteiger partial charge in [-0.1, -0.05) is 88.4 Å². The van der Waals surface area contributed by atoms with Crippen molar-refractivity contribution < 1.29 is 33.4 Å². The third-order valence-corrected chi connectivity index (χ3v) is 6.97. The summed E-state index contributed by atoms with van der Waals surface area (Å²) in [5.41, 5.74) is 0.780. The van der Waals surface area contributed by atoms with E-state index in [2.05, 4.69) is 21.3 Å². The number of ether oxygens (including phenoxy) is 2. The third kappa shape index (κ3) is 13.3. The minimum Gasteiger partial charge on any atom is -0.467 e. The number of esters is 1. The Morgan fingerprint density at radius 2 is 1.09 bits per heavy atom. The molecule has 11 heteroatoms. The summed E-state index contributed by atoms with van der Waals surface area (Å²) in [5.74, 6) is -2.55. The third-order valence-electron chi connectivity index (χ3n) is 6.97. The molecule has 0 aromatic heterocycles. The number of carbonyl (C=O) groups is 5. The molecule has 0 radical (unpaired) electrons. The Labute approximate surface area is 272 Å². The van der Waals surface area contributed by atoms with Crippen molar-refractivity contribution in [2.75, 3.05) is 7.11 Å². The molecule has 0 aliphatic carbocycles. The average molecular weight is 639 g/mol. The molecule has 0 spiro atoms. The van der Waals surface area contributed by atoms with E-state index in [9.17, 15) is 24.0 Å². The summed E-state index contributed by atoms with van der Waals surface area (Å²) in [7, 11) is 1.25. The molecule has 11 nitrogen and oxygen atoms in total. The van der Waals surface area contributed by atoms with E-state index in [0.29, 0.717) is 0 Å². The van der Waals surface area contributed by atoms with Gasteiger partial charge in [0.1, 0.15) is 29.8 Å². The molecule has 0 aliphatic heterocycles. The Morgan fingerprint density at radius 3 is 1.50 bits per heavy atom. The number of amides is 4. The van der Waals surface area contributed by atoms with Gasteiger partial charge >= 0.3 is 12.1 Å². The Kier molecular flexibility index (Phi) is 14.7. The lowest BCUT2D eigenvalue weighted by Crippen LogP contribution is -2.59. The van der Waals surface area contributed by atoms with Crippen molar-refractivity contribution in [3.8, 4) is 0 Å². The maximum atomic E-state index is 13.9. The van der Waals surface area contributed by atoms with Crippen LogP contribution in [0.3, 0.4) is 0 Å². The van der Waals surface area contributed by atoms with Crippen molar-refractivity contribution in [3.05, 3.63) is 71.8 Å². The van der Waals surface area contributed by atoms with E-state index < -0.39 is 59.6 Å². The lowest BCUT2D eigenvalue weighted by molar-refractivity contribution is -0.146. The van der Waals surface area contributed by atoms with Crippen molar-refractivity contribution in [3.63, 3.8) is 0 Å².